The molecule has 0 aromatic heterocycles. The fourth-order valence-electron chi connectivity index (χ4n) is 2.24. The number of hydrogen-bond acceptors (Lipinski definition) is 4. The first kappa shape index (κ1) is 14.0. The van der Waals surface area contributed by atoms with Gasteiger partial charge in [-0.3, -0.25) is 14.5 Å². The topological polar surface area (TPSA) is 58.6 Å². The number of rotatable bonds is 5. The van der Waals surface area contributed by atoms with Crippen LogP contribution in [0.25, 0.3) is 0 Å². The molecule has 0 radical (unpaired) electrons. The molecule has 98 valence electrons. The van der Waals surface area contributed by atoms with Gasteiger partial charge in [0.25, 0.3) is 0 Å². The lowest BCUT2D eigenvalue weighted by atomic mass is 9.99. The van der Waals surface area contributed by atoms with Gasteiger partial charge < -0.3 is 10.1 Å². The van der Waals surface area contributed by atoms with E-state index in [1.807, 2.05) is 13.8 Å². The Bertz CT molecular complexity index is 279. The zero-order chi connectivity index (χ0) is 12.8. The highest BCUT2D eigenvalue weighted by molar-refractivity contribution is 5.82. The SMILES string of the molecule is COC(=O)CCCN1CCNC(=O)C1C(C)C. The van der Waals surface area contributed by atoms with E-state index in [1.54, 1.807) is 0 Å². The molecule has 0 spiro atoms. The quantitative estimate of drug-likeness (QED) is 0.709. The Morgan fingerprint density at radius 1 is 1.59 bits per heavy atom. The molecular weight excluding hydrogens is 220 g/mol. The van der Waals surface area contributed by atoms with E-state index in [4.69, 9.17) is 0 Å². The van der Waals surface area contributed by atoms with E-state index in [0.29, 0.717) is 13.0 Å². The molecule has 0 aliphatic carbocycles. The van der Waals surface area contributed by atoms with Crippen LogP contribution in [0.2, 0.25) is 0 Å². The molecule has 5 heteroatoms. The van der Waals surface area contributed by atoms with Gasteiger partial charge in [0.2, 0.25) is 5.91 Å². The molecule has 0 aromatic carbocycles. The number of hydrogen-bond donors (Lipinski definition) is 1. The minimum atomic E-state index is -0.187. The van der Waals surface area contributed by atoms with Crippen molar-refractivity contribution in [1.29, 1.82) is 0 Å². The van der Waals surface area contributed by atoms with Crippen LogP contribution in [0.1, 0.15) is 26.7 Å². The minimum Gasteiger partial charge on any atom is -0.469 e. The Balaban J connectivity index is 2.44. The summed E-state index contributed by atoms with van der Waals surface area (Å²) in [6.07, 6.45) is 1.16. The van der Waals surface area contributed by atoms with Crippen molar-refractivity contribution in [2.75, 3.05) is 26.7 Å². The van der Waals surface area contributed by atoms with E-state index >= 15 is 0 Å². The summed E-state index contributed by atoms with van der Waals surface area (Å²) in [5, 5.41) is 2.88. The molecule has 5 nitrogen and oxygen atoms in total. The van der Waals surface area contributed by atoms with Crippen LogP contribution in [0.15, 0.2) is 0 Å². The number of nitrogens with one attached hydrogen (secondary N) is 1. The number of nitrogens with zero attached hydrogens (tertiary/aromatic N) is 1. The summed E-state index contributed by atoms with van der Waals surface area (Å²) < 4.78 is 4.60. The molecule has 0 bridgehead atoms. The zero-order valence-electron chi connectivity index (χ0n) is 10.9. The Kier molecular flexibility index (Phi) is 5.41. The molecule has 1 amide bonds. The maximum atomic E-state index is 11.8. The van der Waals surface area contributed by atoms with E-state index < -0.39 is 0 Å². The summed E-state index contributed by atoms with van der Waals surface area (Å²) in [4.78, 5) is 24.9. The number of carbonyl (C=O) groups is 2. The third kappa shape index (κ3) is 4.00. The summed E-state index contributed by atoms with van der Waals surface area (Å²) in [5.41, 5.74) is 0. The summed E-state index contributed by atoms with van der Waals surface area (Å²) in [7, 11) is 1.40. The fourth-order valence-corrected chi connectivity index (χ4v) is 2.24. The molecule has 1 atom stereocenters. The molecule has 0 saturated carbocycles. The summed E-state index contributed by atoms with van der Waals surface area (Å²) >= 11 is 0. The zero-order valence-corrected chi connectivity index (χ0v) is 10.9. The lowest BCUT2D eigenvalue weighted by Crippen LogP contribution is -2.57. The summed E-state index contributed by atoms with van der Waals surface area (Å²) in [5.74, 6) is 0.199. The average molecular weight is 242 g/mol. The van der Waals surface area contributed by atoms with E-state index in [2.05, 4.69) is 15.0 Å². The van der Waals surface area contributed by atoms with Gasteiger partial charge in [0.15, 0.2) is 0 Å². The molecular formula is C12H22N2O3. The van der Waals surface area contributed by atoms with E-state index in [9.17, 15) is 9.59 Å². The third-order valence-electron chi connectivity index (χ3n) is 3.05. The standard InChI is InChI=1S/C12H22N2O3/c1-9(2)11-12(16)13-6-8-14(11)7-4-5-10(15)17-3/h9,11H,4-8H2,1-3H3,(H,13,16). The van der Waals surface area contributed by atoms with E-state index in [0.717, 1.165) is 19.5 Å². The van der Waals surface area contributed by atoms with Gasteiger partial charge in [0.1, 0.15) is 0 Å². The van der Waals surface area contributed by atoms with Crippen LogP contribution in [-0.4, -0.2) is 49.6 Å². The van der Waals surface area contributed by atoms with Crippen molar-refractivity contribution in [3.63, 3.8) is 0 Å². The second kappa shape index (κ2) is 6.59. The molecule has 1 heterocycles. The van der Waals surface area contributed by atoms with Crippen LogP contribution in [-0.2, 0) is 14.3 Å². The van der Waals surface area contributed by atoms with Crippen LogP contribution < -0.4 is 5.32 Å². The summed E-state index contributed by atoms with van der Waals surface area (Å²) in [6, 6.07) is -0.0682. The number of piperazine rings is 1. The monoisotopic (exact) mass is 242 g/mol. The Hall–Kier alpha value is -1.10. The molecule has 1 rings (SSSR count). The van der Waals surface area contributed by atoms with Gasteiger partial charge in [0, 0.05) is 19.5 Å². The maximum absolute atomic E-state index is 11.8. The van der Waals surface area contributed by atoms with Crippen LogP contribution >= 0.6 is 0 Å². The second-order valence-corrected chi connectivity index (χ2v) is 4.70. The van der Waals surface area contributed by atoms with Crippen molar-refractivity contribution in [2.24, 2.45) is 5.92 Å². The lowest BCUT2D eigenvalue weighted by molar-refractivity contribution is -0.140. The van der Waals surface area contributed by atoms with Crippen LogP contribution in [0, 0.1) is 5.92 Å². The summed E-state index contributed by atoms with van der Waals surface area (Å²) in [6.45, 7) is 6.41. The van der Waals surface area contributed by atoms with Gasteiger partial charge >= 0.3 is 5.97 Å². The molecule has 1 aliphatic heterocycles. The highest BCUT2D eigenvalue weighted by atomic mass is 16.5. The first-order valence-corrected chi connectivity index (χ1v) is 6.15. The van der Waals surface area contributed by atoms with Gasteiger partial charge in [-0.1, -0.05) is 13.8 Å². The highest BCUT2D eigenvalue weighted by Crippen LogP contribution is 2.14. The molecule has 0 aromatic rings. The van der Waals surface area contributed by atoms with Crippen molar-refractivity contribution < 1.29 is 14.3 Å². The van der Waals surface area contributed by atoms with Crippen LogP contribution in [0.4, 0.5) is 0 Å². The van der Waals surface area contributed by atoms with Crippen molar-refractivity contribution in [2.45, 2.75) is 32.7 Å². The van der Waals surface area contributed by atoms with E-state index in [1.165, 1.54) is 7.11 Å². The minimum absolute atomic E-state index is 0.0682. The highest BCUT2D eigenvalue weighted by Gasteiger charge is 2.31. The van der Waals surface area contributed by atoms with Crippen LogP contribution in [0.3, 0.4) is 0 Å². The predicted molar refractivity (Wildman–Crippen MR) is 64.5 cm³/mol. The second-order valence-electron chi connectivity index (χ2n) is 4.70. The Morgan fingerprint density at radius 3 is 2.88 bits per heavy atom. The van der Waals surface area contributed by atoms with Gasteiger partial charge in [-0.2, -0.15) is 0 Å². The van der Waals surface area contributed by atoms with Gasteiger partial charge in [0.05, 0.1) is 13.2 Å². The molecule has 17 heavy (non-hydrogen) atoms. The van der Waals surface area contributed by atoms with E-state index in [-0.39, 0.29) is 23.8 Å². The molecule has 1 fully saturated rings. The molecule has 1 unspecified atom stereocenters. The van der Waals surface area contributed by atoms with Crippen molar-refractivity contribution in [3.8, 4) is 0 Å². The van der Waals surface area contributed by atoms with Gasteiger partial charge in [-0.25, -0.2) is 0 Å². The third-order valence-corrected chi connectivity index (χ3v) is 3.05. The lowest BCUT2D eigenvalue weighted by Gasteiger charge is -2.37. The fraction of sp³-hybridized carbons (Fsp3) is 0.833. The molecule has 1 aliphatic rings. The normalized spacial score (nSPS) is 21.4. The first-order valence-electron chi connectivity index (χ1n) is 6.15. The van der Waals surface area contributed by atoms with Crippen molar-refractivity contribution in [1.82, 2.24) is 10.2 Å². The predicted octanol–water partition coefficient (Wildman–Crippen LogP) is 0.396. The Morgan fingerprint density at radius 2 is 2.29 bits per heavy atom. The Labute approximate surface area is 102 Å². The number of esters is 1. The maximum Gasteiger partial charge on any atom is 0.305 e. The van der Waals surface area contributed by atoms with Crippen LogP contribution in [0.5, 0.6) is 0 Å². The molecule has 1 saturated heterocycles. The average Bonchev–Trinajstić information content (AvgIpc) is 2.28. The van der Waals surface area contributed by atoms with Crippen molar-refractivity contribution >= 4 is 11.9 Å². The number of ether oxygens (including phenoxy) is 1. The molecule has 1 N–H and O–H groups in total. The van der Waals surface area contributed by atoms with Gasteiger partial charge in [-0.15, -0.1) is 0 Å². The number of amides is 1. The van der Waals surface area contributed by atoms with Gasteiger partial charge in [-0.05, 0) is 18.9 Å². The largest absolute Gasteiger partial charge is 0.469 e. The first-order chi connectivity index (χ1) is 8.06. The smallest absolute Gasteiger partial charge is 0.305 e. The number of methoxy groups -OCH3 is 1. The number of carbonyl (C=O) groups excluding carboxylic acids is 2. The van der Waals surface area contributed by atoms with Crippen molar-refractivity contribution in [3.05, 3.63) is 0 Å².